The molecule has 1 aromatic carbocycles. The summed E-state index contributed by atoms with van der Waals surface area (Å²) in [7, 11) is 0. The molecule has 0 unspecified atom stereocenters. The van der Waals surface area contributed by atoms with Crippen molar-refractivity contribution in [2.45, 2.75) is 25.7 Å². The first kappa shape index (κ1) is 17.2. The number of nitrogens with one attached hydrogen (secondary N) is 1. The van der Waals surface area contributed by atoms with Crippen molar-refractivity contribution in [3.05, 3.63) is 28.5 Å². The Hall–Kier alpha value is -1.14. The van der Waals surface area contributed by atoms with E-state index in [1.165, 1.54) is 43.9 Å². The first-order chi connectivity index (χ1) is 10.6. The van der Waals surface area contributed by atoms with Gasteiger partial charge in [0.1, 0.15) is 11.6 Å². The van der Waals surface area contributed by atoms with Gasteiger partial charge in [0.2, 0.25) is 0 Å². The number of amides is 1. The molecule has 1 aliphatic heterocycles. The number of benzene rings is 1. The predicted octanol–water partition coefficient (Wildman–Crippen LogP) is 2.96. The van der Waals surface area contributed by atoms with E-state index < -0.39 is 0 Å². The summed E-state index contributed by atoms with van der Waals surface area (Å²) >= 11 is 3.21. The average Bonchev–Trinajstić information content (AvgIpc) is 2.75. The lowest BCUT2D eigenvalue weighted by Crippen LogP contribution is -2.37. The van der Waals surface area contributed by atoms with Gasteiger partial charge < -0.3 is 15.0 Å². The second-order valence-corrected chi connectivity index (χ2v) is 6.32. The molecule has 1 aromatic rings. The third kappa shape index (κ3) is 5.93. The Balaban J connectivity index is 1.65. The Kier molecular flexibility index (Phi) is 7.12. The molecule has 0 aromatic heterocycles. The summed E-state index contributed by atoms with van der Waals surface area (Å²) in [5, 5.41) is 2.86. The maximum absolute atomic E-state index is 12.9. The minimum Gasteiger partial charge on any atom is -0.483 e. The van der Waals surface area contributed by atoms with Crippen LogP contribution in [0.25, 0.3) is 0 Å². The van der Waals surface area contributed by atoms with Crippen molar-refractivity contribution in [3.8, 4) is 5.75 Å². The molecule has 4 nitrogen and oxygen atoms in total. The van der Waals surface area contributed by atoms with Crippen LogP contribution in [0.3, 0.4) is 0 Å². The highest BCUT2D eigenvalue weighted by Gasteiger charge is 2.10. The van der Waals surface area contributed by atoms with Crippen molar-refractivity contribution < 1.29 is 13.9 Å². The number of hydrogen-bond donors (Lipinski definition) is 1. The molecule has 1 N–H and O–H groups in total. The van der Waals surface area contributed by atoms with E-state index in [4.69, 9.17) is 4.74 Å². The quantitative estimate of drug-likeness (QED) is 0.834. The highest BCUT2D eigenvalue weighted by atomic mass is 79.9. The van der Waals surface area contributed by atoms with Crippen LogP contribution in [0.2, 0.25) is 0 Å². The number of halogens is 2. The van der Waals surface area contributed by atoms with Gasteiger partial charge in [0.25, 0.3) is 5.91 Å². The van der Waals surface area contributed by atoms with E-state index in [1.807, 2.05) is 0 Å². The summed E-state index contributed by atoms with van der Waals surface area (Å²) in [6, 6.07) is 4.12. The number of carbonyl (C=O) groups is 1. The fraction of sp³-hybridized carbons (Fsp3) is 0.562. The predicted molar refractivity (Wildman–Crippen MR) is 87.5 cm³/mol. The van der Waals surface area contributed by atoms with Crippen molar-refractivity contribution in [1.29, 1.82) is 0 Å². The Bertz CT molecular complexity index is 491. The van der Waals surface area contributed by atoms with Gasteiger partial charge in [-0.15, -0.1) is 0 Å². The number of rotatable bonds is 6. The van der Waals surface area contributed by atoms with Gasteiger partial charge in [-0.05, 0) is 60.1 Å². The zero-order valence-corrected chi connectivity index (χ0v) is 14.2. The molecule has 6 heteroatoms. The van der Waals surface area contributed by atoms with Crippen LogP contribution < -0.4 is 10.1 Å². The summed E-state index contributed by atoms with van der Waals surface area (Å²) in [6.07, 6.45) is 5.11. The summed E-state index contributed by atoms with van der Waals surface area (Å²) in [5.41, 5.74) is 0. The summed E-state index contributed by atoms with van der Waals surface area (Å²) in [6.45, 7) is 3.69. The van der Waals surface area contributed by atoms with Gasteiger partial charge in [-0.3, -0.25) is 4.79 Å². The van der Waals surface area contributed by atoms with Gasteiger partial charge >= 0.3 is 0 Å². The van der Waals surface area contributed by atoms with Crippen LogP contribution in [0.1, 0.15) is 25.7 Å². The number of hydrogen-bond acceptors (Lipinski definition) is 3. The first-order valence-corrected chi connectivity index (χ1v) is 8.51. The number of carbonyl (C=O) groups excluding carboxylic acids is 1. The first-order valence-electron chi connectivity index (χ1n) is 7.72. The van der Waals surface area contributed by atoms with Gasteiger partial charge in [-0.2, -0.15) is 0 Å². The second kappa shape index (κ2) is 9.10. The number of ether oxygens (including phenoxy) is 1. The van der Waals surface area contributed by atoms with Crippen LogP contribution in [0, 0.1) is 5.82 Å². The van der Waals surface area contributed by atoms with Gasteiger partial charge in [0.15, 0.2) is 6.61 Å². The van der Waals surface area contributed by atoms with E-state index in [1.54, 1.807) is 0 Å². The van der Waals surface area contributed by atoms with Crippen LogP contribution >= 0.6 is 15.9 Å². The van der Waals surface area contributed by atoms with Crippen LogP contribution in [0.15, 0.2) is 22.7 Å². The Morgan fingerprint density at radius 1 is 1.27 bits per heavy atom. The van der Waals surface area contributed by atoms with Crippen molar-refractivity contribution in [1.82, 2.24) is 10.2 Å². The topological polar surface area (TPSA) is 41.6 Å². The Morgan fingerprint density at radius 2 is 2.00 bits per heavy atom. The minimum absolute atomic E-state index is 0.0652. The molecule has 0 bridgehead atoms. The molecule has 1 amide bonds. The Morgan fingerprint density at radius 3 is 2.68 bits per heavy atom. The normalized spacial score (nSPS) is 16.1. The summed E-state index contributed by atoms with van der Waals surface area (Å²) in [5.74, 6) is -0.0451. The van der Waals surface area contributed by atoms with E-state index in [0.717, 1.165) is 19.6 Å². The van der Waals surface area contributed by atoms with E-state index >= 15 is 0 Å². The molecular formula is C16H22BrFN2O2. The SMILES string of the molecule is O=C(COc1ccc(F)cc1Br)NCCN1CCCCCC1. The molecule has 0 saturated carbocycles. The van der Waals surface area contributed by atoms with Crippen molar-refractivity contribution in [2.24, 2.45) is 0 Å². The zero-order chi connectivity index (χ0) is 15.8. The highest BCUT2D eigenvalue weighted by Crippen LogP contribution is 2.25. The van der Waals surface area contributed by atoms with Crippen LogP contribution in [-0.2, 0) is 4.79 Å². The van der Waals surface area contributed by atoms with Crippen molar-refractivity contribution in [3.63, 3.8) is 0 Å². The number of likely N-dealkylation sites (tertiary alicyclic amines) is 1. The largest absolute Gasteiger partial charge is 0.483 e. The highest BCUT2D eigenvalue weighted by molar-refractivity contribution is 9.10. The lowest BCUT2D eigenvalue weighted by atomic mass is 10.2. The Labute approximate surface area is 139 Å². The molecule has 0 aliphatic carbocycles. The van der Waals surface area contributed by atoms with E-state index in [-0.39, 0.29) is 18.3 Å². The molecule has 1 heterocycles. The smallest absolute Gasteiger partial charge is 0.257 e. The van der Waals surface area contributed by atoms with E-state index in [0.29, 0.717) is 16.8 Å². The lowest BCUT2D eigenvalue weighted by molar-refractivity contribution is -0.123. The summed E-state index contributed by atoms with van der Waals surface area (Å²) < 4.78 is 18.8. The van der Waals surface area contributed by atoms with Gasteiger partial charge in [0.05, 0.1) is 4.47 Å². The fourth-order valence-electron chi connectivity index (χ4n) is 2.50. The molecule has 122 valence electrons. The number of nitrogens with zero attached hydrogens (tertiary/aromatic N) is 1. The molecule has 1 saturated heterocycles. The zero-order valence-electron chi connectivity index (χ0n) is 12.6. The van der Waals surface area contributed by atoms with Gasteiger partial charge in [-0.25, -0.2) is 4.39 Å². The molecule has 2 rings (SSSR count). The average molecular weight is 373 g/mol. The van der Waals surface area contributed by atoms with E-state index in [2.05, 4.69) is 26.1 Å². The molecule has 0 spiro atoms. The molecule has 0 atom stereocenters. The van der Waals surface area contributed by atoms with E-state index in [9.17, 15) is 9.18 Å². The van der Waals surface area contributed by atoms with Crippen LogP contribution in [0.5, 0.6) is 5.75 Å². The molecular weight excluding hydrogens is 351 g/mol. The third-order valence-electron chi connectivity index (χ3n) is 3.70. The van der Waals surface area contributed by atoms with Gasteiger partial charge in [0, 0.05) is 13.1 Å². The van der Waals surface area contributed by atoms with Crippen molar-refractivity contribution in [2.75, 3.05) is 32.8 Å². The second-order valence-electron chi connectivity index (χ2n) is 5.47. The molecule has 0 radical (unpaired) electrons. The third-order valence-corrected chi connectivity index (χ3v) is 4.32. The monoisotopic (exact) mass is 372 g/mol. The standard InChI is InChI=1S/C16H22BrFN2O2/c17-14-11-13(18)5-6-15(14)22-12-16(21)19-7-10-20-8-3-1-2-4-9-20/h5-6,11H,1-4,7-10,12H2,(H,19,21). The molecule has 1 fully saturated rings. The van der Waals surface area contributed by atoms with Gasteiger partial charge in [-0.1, -0.05) is 12.8 Å². The van der Waals surface area contributed by atoms with Crippen molar-refractivity contribution >= 4 is 21.8 Å². The fourth-order valence-corrected chi connectivity index (χ4v) is 2.97. The maximum Gasteiger partial charge on any atom is 0.257 e. The molecule has 22 heavy (non-hydrogen) atoms. The molecule has 1 aliphatic rings. The summed E-state index contributed by atoms with van der Waals surface area (Å²) in [4.78, 5) is 14.2. The lowest BCUT2D eigenvalue weighted by Gasteiger charge is -2.19. The van der Waals surface area contributed by atoms with Crippen LogP contribution in [-0.4, -0.2) is 43.6 Å². The minimum atomic E-state index is -0.346. The van der Waals surface area contributed by atoms with Crippen LogP contribution in [0.4, 0.5) is 4.39 Å². The maximum atomic E-state index is 12.9.